The fraction of sp³-hybridized carbons (Fsp3) is 0.211. The highest BCUT2D eigenvalue weighted by atomic mass is 15.4. The normalized spacial score (nSPS) is 14.3. The lowest BCUT2D eigenvalue weighted by Gasteiger charge is -2.25. The summed E-state index contributed by atoms with van der Waals surface area (Å²) in [6.07, 6.45) is 0. The summed E-state index contributed by atoms with van der Waals surface area (Å²) in [7, 11) is 2.12. The van der Waals surface area contributed by atoms with E-state index in [1.54, 1.807) is 0 Å². The van der Waals surface area contributed by atoms with Crippen LogP contribution in [0.15, 0.2) is 54.6 Å². The van der Waals surface area contributed by atoms with Gasteiger partial charge in [-0.1, -0.05) is 48.0 Å². The summed E-state index contributed by atoms with van der Waals surface area (Å²) < 4.78 is 2.03. The molecular weight excluding hydrogens is 284 g/mol. The van der Waals surface area contributed by atoms with Gasteiger partial charge in [-0.05, 0) is 26.1 Å². The van der Waals surface area contributed by atoms with Gasteiger partial charge in [0.05, 0.1) is 18.1 Å². The lowest BCUT2D eigenvalue weighted by atomic mass is 10.0. The third kappa shape index (κ3) is 2.51. The Balaban J connectivity index is 1.89. The summed E-state index contributed by atoms with van der Waals surface area (Å²) in [6.45, 7) is 3.84. The Bertz CT molecular complexity index is 819. The first kappa shape index (κ1) is 14.0. The molecule has 0 amide bonds. The summed E-state index contributed by atoms with van der Waals surface area (Å²) in [5.74, 6) is 1.10. The van der Waals surface area contributed by atoms with Crippen molar-refractivity contribution in [2.75, 3.05) is 19.0 Å². The Morgan fingerprint density at radius 1 is 1.00 bits per heavy atom. The van der Waals surface area contributed by atoms with E-state index in [9.17, 15) is 0 Å². The standard InChI is InChI=1S/C19H20N4/c1-14-8-10-15(11-9-14)18-17-12-22(2)13-20-19(17)23(21-18)16-6-4-3-5-7-16/h3-11,20H,12-13H2,1-2H3. The van der Waals surface area contributed by atoms with Gasteiger partial charge in [0, 0.05) is 17.7 Å². The molecule has 0 fully saturated rings. The van der Waals surface area contributed by atoms with E-state index in [0.717, 1.165) is 30.4 Å². The average Bonchev–Trinajstić information content (AvgIpc) is 2.95. The number of benzene rings is 2. The van der Waals surface area contributed by atoms with Crippen LogP contribution in [0.4, 0.5) is 5.82 Å². The smallest absolute Gasteiger partial charge is 0.135 e. The van der Waals surface area contributed by atoms with Crippen molar-refractivity contribution in [2.45, 2.75) is 13.5 Å². The summed E-state index contributed by atoms with van der Waals surface area (Å²) >= 11 is 0. The van der Waals surface area contributed by atoms with Crippen LogP contribution in [0.3, 0.4) is 0 Å². The molecule has 0 radical (unpaired) electrons. The maximum atomic E-state index is 4.92. The number of anilines is 1. The minimum Gasteiger partial charge on any atom is -0.357 e. The van der Waals surface area contributed by atoms with Crippen LogP contribution >= 0.6 is 0 Å². The van der Waals surface area contributed by atoms with Crippen LogP contribution in [-0.2, 0) is 6.54 Å². The van der Waals surface area contributed by atoms with Crippen molar-refractivity contribution in [3.05, 3.63) is 65.7 Å². The molecule has 0 saturated carbocycles. The second kappa shape index (κ2) is 5.56. The molecule has 2 heterocycles. The SMILES string of the molecule is Cc1ccc(-c2nn(-c3ccccc3)c3c2CN(C)CN3)cc1. The average molecular weight is 304 g/mol. The first-order valence-corrected chi connectivity index (χ1v) is 7.89. The highest BCUT2D eigenvalue weighted by Crippen LogP contribution is 2.34. The molecule has 4 nitrogen and oxygen atoms in total. The minimum absolute atomic E-state index is 0.832. The second-order valence-electron chi connectivity index (χ2n) is 6.14. The van der Waals surface area contributed by atoms with Crippen LogP contribution in [0.5, 0.6) is 0 Å². The molecule has 0 atom stereocenters. The van der Waals surface area contributed by atoms with Gasteiger partial charge in [-0.3, -0.25) is 4.90 Å². The number of rotatable bonds is 2. The van der Waals surface area contributed by atoms with Crippen molar-refractivity contribution in [1.29, 1.82) is 0 Å². The van der Waals surface area contributed by atoms with Crippen LogP contribution in [0, 0.1) is 6.92 Å². The van der Waals surface area contributed by atoms with Gasteiger partial charge in [0.15, 0.2) is 0 Å². The maximum absolute atomic E-state index is 4.92. The Labute approximate surface area is 136 Å². The van der Waals surface area contributed by atoms with E-state index in [4.69, 9.17) is 5.10 Å². The Morgan fingerprint density at radius 2 is 1.74 bits per heavy atom. The van der Waals surface area contributed by atoms with Crippen molar-refractivity contribution in [2.24, 2.45) is 0 Å². The van der Waals surface area contributed by atoms with E-state index in [-0.39, 0.29) is 0 Å². The largest absolute Gasteiger partial charge is 0.357 e. The van der Waals surface area contributed by atoms with Crippen molar-refractivity contribution in [3.8, 4) is 16.9 Å². The zero-order valence-corrected chi connectivity index (χ0v) is 13.5. The third-order valence-corrected chi connectivity index (χ3v) is 4.25. The molecule has 0 saturated heterocycles. The molecule has 2 aromatic carbocycles. The number of nitrogens with zero attached hydrogens (tertiary/aromatic N) is 3. The molecule has 4 heteroatoms. The number of aromatic nitrogens is 2. The van der Waals surface area contributed by atoms with Crippen molar-refractivity contribution < 1.29 is 0 Å². The molecule has 0 spiro atoms. The first-order valence-electron chi connectivity index (χ1n) is 7.89. The molecule has 4 rings (SSSR count). The molecule has 1 aromatic heterocycles. The lowest BCUT2D eigenvalue weighted by molar-refractivity contribution is 0.340. The molecular formula is C19H20N4. The van der Waals surface area contributed by atoms with Crippen LogP contribution in [0.1, 0.15) is 11.1 Å². The third-order valence-electron chi connectivity index (χ3n) is 4.25. The molecule has 1 aliphatic heterocycles. The molecule has 1 N–H and O–H groups in total. The van der Waals surface area contributed by atoms with Gasteiger partial charge in [-0.15, -0.1) is 0 Å². The molecule has 0 aliphatic carbocycles. The molecule has 0 unspecified atom stereocenters. The van der Waals surface area contributed by atoms with E-state index in [2.05, 4.69) is 60.6 Å². The van der Waals surface area contributed by atoms with E-state index in [1.165, 1.54) is 16.7 Å². The number of hydrogen-bond acceptors (Lipinski definition) is 3. The predicted molar refractivity (Wildman–Crippen MR) is 93.7 cm³/mol. The van der Waals surface area contributed by atoms with Gasteiger partial charge in [0.2, 0.25) is 0 Å². The van der Waals surface area contributed by atoms with Gasteiger partial charge in [0.1, 0.15) is 5.82 Å². The number of fused-ring (bicyclic) bond motifs is 1. The summed E-state index contributed by atoms with van der Waals surface area (Å²) in [6, 6.07) is 18.9. The van der Waals surface area contributed by atoms with Gasteiger partial charge in [0.25, 0.3) is 0 Å². The lowest BCUT2D eigenvalue weighted by Crippen LogP contribution is -2.30. The number of para-hydroxylation sites is 1. The summed E-state index contributed by atoms with van der Waals surface area (Å²) in [5.41, 5.74) is 5.83. The molecule has 23 heavy (non-hydrogen) atoms. The molecule has 116 valence electrons. The van der Waals surface area contributed by atoms with E-state index >= 15 is 0 Å². The topological polar surface area (TPSA) is 33.1 Å². The van der Waals surface area contributed by atoms with E-state index < -0.39 is 0 Å². The molecule has 0 bridgehead atoms. The Kier molecular flexibility index (Phi) is 3.39. The molecule has 1 aliphatic rings. The van der Waals surface area contributed by atoms with Gasteiger partial charge in [-0.2, -0.15) is 5.10 Å². The predicted octanol–water partition coefficient (Wildman–Crippen LogP) is 3.66. The molecule has 3 aromatic rings. The fourth-order valence-corrected chi connectivity index (χ4v) is 3.02. The van der Waals surface area contributed by atoms with Gasteiger partial charge >= 0.3 is 0 Å². The zero-order chi connectivity index (χ0) is 15.8. The maximum Gasteiger partial charge on any atom is 0.135 e. The van der Waals surface area contributed by atoms with Crippen LogP contribution in [-0.4, -0.2) is 28.4 Å². The Hall–Kier alpha value is -2.59. The van der Waals surface area contributed by atoms with Crippen molar-refractivity contribution in [1.82, 2.24) is 14.7 Å². The van der Waals surface area contributed by atoms with Crippen LogP contribution < -0.4 is 5.32 Å². The number of hydrogen-bond donors (Lipinski definition) is 1. The summed E-state index contributed by atoms with van der Waals surface area (Å²) in [5, 5.41) is 8.43. The van der Waals surface area contributed by atoms with Crippen molar-refractivity contribution >= 4 is 5.82 Å². The highest BCUT2D eigenvalue weighted by molar-refractivity contribution is 5.71. The monoisotopic (exact) mass is 304 g/mol. The Morgan fingerprint density at radius 3 is 2.48 bits per heavy atom. The van der Waals surface area contributed by atoms with Crippen molar-refractivity contribution in [3.63, 3.8) is 0 Å². The van der Waals surface area contributed by atoms with Crippen LogP contribution in [0.2, 0.25) is 0 Å². The zero-order valence-electron chi connectivity index (χ0n) is 13.5. The fourth-order valence-electron chi connectivity index (χ4n) is 3.02. The first-order chi connectivity index (χ1) is 11.2. The quantitative estimate of drug-likeness (QED) is 0.784. The number of aryl methyl sites for hydroxylation is 1. The van der Waals surface area contributed by atoms with Gasteiger partial charge < -0.3 is 5.32 Å². The van der Waals surface area contributed by atoms with E-state index in [1.807, 2.05) is 22.9 Å². The highest BCUT2D eigenvalue weighted by Gasteiger charge is 2.24. The van der Waals surface area contributed by atoms with Gasteiger partial charge in [-0.25, -0.2) is 4.68 Å². The van der Waals surface area contributed by atoms with Crippen LogP contribution in [0.25, 0.3) is 16.9 Å². The summed E-state index contributed by atoms with van der Waals surface area (Å²) in [4.78, 5) is 2.26. The van der Waals surface area contributed by atoms with E-state index in [0.29, 0.717) is 0 Å². The second-order valence-corrected chi connectivity index (χ2v) is 6.14. The number of nitrogens with one attached hydrogen (secondary N) is 1. The minimum atomic E-state index is 0.832.